The van der Waals surface area contributed by atoms with Crippen LogP contribution >= 0.6 is 0 Å². The maximum atomic E-state index is 4.10. The number of rotatable bonds is 3. The molecule has 1 rings (SSSR count). The zero-order chi connectivity index (χ0) is 8.10. The van der Waals surface area contributed by atoms with E-state index in [0.717, 1.165) is 24.4 Å². The summed E-state index contributed by atoms with van der Waals surface area (Å²) in [6.45, 7) is 2.90. The number of hydrogen-bond acceptors (Lipinski definition) is 3. The zero-order valence-corrected chi connectivity index (χ0v) is 6.96. The molecule has 0 aliphatic heterocycles. The van der Waals surface area contributed by atoms with Gasteiger partial charge in [0.25, 0.3) is 0 Å². The monoisotopic (exact) mass is 151 g/mol. The van der Waals surface area contributed by atoms with Crippen molar-refractivity contribution < 1.29 is 0 Å². The van der Waals surface area contributed by atoms with Crippen molar-refractivity contribution in [1.29, 1.82) is 0 Å². The van der Waals surface area contributed by atoms with Crippen LogP contribution in [0.1, 0.15) is 18.3 Å². The SMILES string of the molecule is CCc1cc(CNC)ncn1. The van der Waals surface area contributed by atoms with Gasteiger partial charge in [-0.3, -0.25) is 0 Å². The molecular formula is C8H13N3. The number of aryl methyl sites for hydroxylation is 1. The molecule has 0 spiro atoms. The lowest BCUT2D eigenvalue weighted by Crippen LogP contribution is -2.07. The molecule has 3 nitrogen and oxygen atoms in total. The van der Waals surface area contributed by atoms with Crippen LogP contribution in [0.5, 0.6) is 0 Å². The number of nitrogens with one attached hydrogen (secondary N) is 1. The molecule has 3 heteroatoms. The van der Waals surface area contributed by atoms with E-state index >= 15 is 0 Å². The highest BCUT2D eigenvalue weighted by Crippen LogP contribution is 1.97. The summed E-state index contributed by atoms with van der Waals surface area (Å²) in [6.07, 6.45) is 2.59. The minimum Gasteiger partial charge on any atom is -0.314 e. The molecule has 0 fully saturated rings. The lowest BCUT2D eigenvalue weighted by atomic mass is 10.3. The van der Waals surface area contributed by atoms with Crippen molar-refractivity contribution in [1.82, 2.24) is 15.3 Å². The molecule has 0 radical (unpaired) electrons. The van der Waals surface area contributed by atoms with E-state index in [1.165, 1.54) is 0 Å². The van der Waals surface area contributed by atoms with Crippen molar-refractivity contribution >= 4 is 0 Å². The van der Waals surface area contributed by atoms with Crippen LogP contribution in [0.4, 0.5) is 0 Å². The van der Waals surface area contributed by atoms with Gasteiger partial charge in [0.05, 0.1) is 5.69 Å². The highest BCUT2D eigenvalue weighted by Gasteiger charge is 1.94. The summed E-state index contributed by atoms with van der Waals surface area (Å²) >= 11 is 0. The van der Waals surface area contributed by atoms with Crippen LogP contribution in [0, 0.1) is 0 Å². The maximum absolute atomic E-state index is 4.10. The molecule has 1 N–H and O–H groups in total. The Balaban J connectivity index is 2.74. The summed E-state index contributed by atoms with van der Waals surface area (Å²) in [5.74, 6) is 0. The van der Waals surface area contributed by atoms with E-state index in [1.54, 1.807) is 6.33 Å². The predicted octanol–water partition coefficient (Wildman–Crippen LogP) is 0.758. The minimum atomic E-state index is 0.815. The Morgan fingerprint density at radius 3 is 2.73 bits per heavy atom. The molecular weight excluding hydrogens is 138 g/mol. The molecule has 0 aromatic carbocycles. The van der Waals surface area contributed by atoms with E-state index < -0.39 is 0 Å². The first-order chi connectivity index (χ1) is 5.36. The van der Waals surface area contributed by atoms with Crippen LogP contribution in [-0.4, -0.2) is 17.0 Å². The fourth-order valence-corrected chi connectivity index (χ4v) is 0.915. The second-order valence-corrected chi connectivity index (χ2v) is 2.38. The molecule has 0 saturated carbocycles. The molecule has 1 aromatic rings. The second-order valence-electron chi connectivity index (χ2n) is 2.38. The van der Waals surface area contributed by atoms with Gasteiger partial charge >= 0.3 is 0 Å². The van der Waals surface area contributed by atoms with E-state index in [0.29, 0.717) is 0 Å². The Labute approximate surface area is 66.9 Å². The van der Waals surface area contributed by atoms with Crippen molar-refractivity contribution in [2.75, 3.05) is 7.05 Å². The molecule has 0 bridgehead atoms. The summed E-state index contributed by atoms with van der Waals surface area (Å²) < 4.78 is 0. The van der Waals surface area contributed by atoms with Crippen LogP contribution in [0.2, 0.25) is 0 Å². The fraction of sp³-hybridized carbons (Fsp3) is 0.500. The highest BCUT2D eigenvalue weighted by molar-refractivity contribution is 5.07. The Kier molecular flexibility index (Phi) is 2.98. The fourth-order valence-electron chi connectivity index (χ4n) is 0.915. The normalized spacial score (nSPS) is 10.0. The molecule has 0 atom stereocenters. The minimum absolute atomic E-state index is 0.815. The van der Waals surface area contributed by atoms with Crippen LogP contribution in [0.25, 0.3) is 0 Å². The average molecular weight is 151 g/mol. The van der Waals surface area contributed by atoms with Gasteiger partial charge in [0, 0.05) is 12.2 Å². The lowest BCUT2D eigenvalue weighted by Gasteiger charge is -1.99. The summed E-state index contributed by atoms with van der Waals surface area (Å²) in [7, 11) is 1.91. The zero-order valence-electron chi connectivity index (χ0n) is 6.96. The van der Waals surface area contributed by atoms with Crippen molar-refractivity contribution in [2.24, 2.45) is 0 Å². The molecule has 11 heavy (non-hydrogen) atoms. The maximum Gasteiger partial charge on any atom is 0.115 e. The Hall–Kier alpha value is -0.960. The van der Waals surface area contributed by atoms with E-state index in [1.807, 2.05) is 13.1 Å². The van der Waals surface area contributed by atoms with Gasteiger partial charge in [-0.05, 0) is 19.5 Å². The Bertz CT molecular complexity index is 222. The van der Waals surface area contributed by atoms with Crippen molar-refractivity contribution in [3.63, 3.8) is 0 Å². The van der Waals surface area contributed by atoms with Crippen molar-refractivity contribution in [3.05, 3.63) is 23.8 Å². The first-order valence-electron chi connectivity index (χ1n) is 3.81. The molecule has 0 amide bonds. The molecule has 0 saturated heterocycles. The molecule has 60 valence electrons. The highest BCUT2D eigenvalue weighted by atomic mass is 14.9. The third-order valence-corrected chi connectivity index (χ3v) is 1.50. The molecule has 0 unspecified atom stereocenters. The van der Waals surface area contributed by atoms with Gasteiger partial charge < -0.3 is 5.32 Å². The van der Waals surface area contributed by atoms with Gasteiger partial charge in [0.2, 0.25) is 0 Å². The largest absolute Gasteiger partial charge is 0.314 e. The van der Waals surface area contributed by atoms with E-state index in [-0.39, 0.29) is 0 Å². The first-order valence-corrected chi connectivity index (χ1v) is 3.81. The molecule has 1 heterocycles. The van der Waals surface area contributed by atoms with Gasteiger partial charge in [-0.1, -0.05) is 6.92 Å². The third-order valence-electron chi connectivity index (χ3n) is 1.50. The standard InChI is InChI=1S/C8H13N3/c1-3-7-4-8(5-9-2)11-6-10-7/h4,6,9H,3,5H2,1-2H3. The van der Waals surface area contributed by atoms with Crippen LogP contribution < -0.4 is 5.32 Å². The predicted molar refractivity (Wildman–Crippen MR) is 44.2 cm³/mol. The molecule has 0 aliphatic rings. The quantitative estimate of drug-likeness (QED) is 0.693. The van der Waals surface area contributed by atoms with Gasteiger partial charge in [-0.15, -0.1) is 0 Å². The van der Waals surface area contributed by atoms with Gasteiger partial charge in [-0.2, -0.15) is 0 Å². The first kappa shape index (κ1) is 8.14. The summed E-state index contributed by atoms with van der Waals surface area (Å²) in [5.41, 5.74) is 2.16. The number of nitrogens with zero attached hydrogens (tertiary/aromatic N) is 2. The Morgan fingerprint density at radius 2 is 2.09 bits per heavy atom. The third kappa shape index (κ3) is 2.27. The number of aromatic nitrogens is 2. The van der Waals surface area contributed by atoms with E-state index in [2.05, 4.69) is 22.2 Å². The van der Waals surface area contributed by atoms with Crippen LogP contribution in [-0.2, 0) is 13.0 Å². The van der Waals surface area contributed by atoms with Crippen molar-refractivity contribution in [2.45, 2.75) is 19.9 Å². The van der Waals surface area contributed by atoms with Crippen LogP contribution in [0.3, 0.4) is 0 Å². The lowest BCUT2D eigenvalue weighted by molar-refractivity contribution is 0.779. The van der Waals surface area contributed by atoms with Gasteiger partial charge in [0.15, 0.2) is 0 Å². The topological polar surface area (TPSA) is 37.8 Å². The smallest absolute Gasteiger partial charge is 0.115 e. The summed E-state index contributed by atoms with van der Waals surface area (Å²) in [5, 5.41) is 3.05. The summed E-state index contributed by atoms with van der Waals surface area (Å²) in [4.78, 5) is 8.20. The van der Waals surface area contributed by atoms with Crippen molar-refractivity contribution in [3.8, 4) is 0 Å². The van der Waals surface area contributed by atoms with E-state index in [4.69, 9.17) is 0 Å². The summed E-state index contributed by atoms with van der Waals surface area (Å²) in [6, 6.07) is 2.02. The number of hydrogen-bond donors (Lipinski definition) is 1. The average Bonchev–Trinajstić information content (AvgIpc) is 2.06. The second kappa shape index (κ2) is 4.03. The molecule has 0 aliphatic carbocycles. The van der Waals surface area contributed by atoms with Gasteiger partial charge in [-0.25, -0.2) is 9.97 Å². The van der Waals surface area contributed by atoms with Crippen LogP contribution in [0.15, 0.2) is 12.4 Å². The van der Waals surface area contributed by atoms with Gasteiger partial charge in [0.1, 0.15) is 6.33 Å². The molecule has 1 aromatic heterocycles. The Morgan fingerprint density at radius 1 is 1.36 bits per heavy atom. The van der Waals surface area contributed by atoms with E-state index in [9.17, 15) is 0 Å².